The molecule has 1 saturated heterocycles. The molecule has 0 bridgehead atoms. The molecule has 1 fully saturated rings. The van der Waals surface area contributed by atoms with Crippen LogP contribution in [0.4, 0.5) is 0 Å². The normalized spacial score (nSPS) is 26.3. The first-order chi connectivity index (χ1) is 13.1. The second-order valence-electron chi connectivity index (χ2n) is 7.58. The second-order valence-corrected chi connectivity index (χ2v) is 7.58. The van der Waals surface area contributed by atoms with E-state index >= 15 is 0 Å². The minimum absolute atomic E-state index is 0.148. The van der Waals surface area contributed by atoms with E-state index in [2.05, 4.69) is 31.0 Å². The summed E-state index contributed by atoms with van der Waals surface area (Å²) in [4.78, 5) is 25.2. The van der Waals surface area contributed by atoms with Crippen molar-refractivity contribution in [2.45, 2.75) is 12.5 Å². The zero-order valence-electron chi connectivity index (χ0n) is 15.6. The summed E-state index contributed by atoms with van der Waals surface area (Å²) in [6.45, 7) is 2.91. The van der Waals surface area contributed by atoms with E-state index in [1.54, 1.807) is 0 Å². The van der Waals surface area contributed by atoms with E-state index in [1.807, 2.05) is 36.4 Å². The fourth-order valence-electron chi connectivity index (χ4n) is 5.16. The van der Waals surface area contributed by atoms with Crippen LogP contribution in [-0.4, -0.2) is 41.5 Å². The number of aromatic nitrogens is 2. The van der Waals surface area contributed by atoms with Gasteiger partial charge in [0, 0.05) is 12.1 Å². The monoisotopic (exact) mass is 359 g/mol. The molecule has 27 heavy (non-hydrogen) atoms. The molecule has 3 atom stereocenters. The Labute approximate surface area is 158 Å². The molecule has 5 rings (SSSR count). The van der Waals surface area contributed by atoms with E-state index < -0.39 is 5.54 Å². The average molecular weight is 359 g/mol. The molecule has 0 radical (unpaired) electrons. The Kier molecular flexibility index (Phi) is 3.40. The highest BCUT2D eigenvalue weighted by molar-refractivity contribution is 5.87. The Morgan fingerprint density at radius 3 is 2.52 bits per heavy atom. The van der Waals surface area contributed by atoms with Gasteiger partial charge in [0.25, 0.3) is 0 Å². The Balaban J connectivity index is 1.91. The molecule has 1 aliphatic heterocycles. The lowest BCUT2D eigenvalue weighted by Gasteiger charge is -2.37. The van der Waals surface area contributed by atoms with Crippen LogP contribution in [0.2, 0.25) is 0 Å². The SMILES string of the molecule is COC(=O)[C@H]1[C@H](C)CN(C)[C@@]12c1ccccc1-c1nc3ccccc3nc12. The first kappa shape index (κ1) is 16.4. The zero-order valence-corrected chi connectivity index (χ0v) is 15.6. The van der Waals surface area contributed by atoms with E-state index in [-0.39, 0.29) is 17.8 Å². The molecule has 1 aliphatic carbocycles. The summed E-state index contributed by atoms with van der Waals surface area (Å²) in [5.74, 6) is -0.371. The first-order valence-corrected chi connectivity index (χ1v) is 9.25. The van der Waals surface area contributed by atoms with Crippen molar-refractivity contribution in [3.05, 3.63) is 59.8 Å². The van der Waals surface area contributed by atoms with Crippen molar-refractivity contribution in [1.29, 1.82) is 0 Å². The number of esters is 1. The summed E-state index contributed by atoms with van der Waals surface area (Å²) in [6.07, 6.45) is 0. The van der Waals surface area contributed by atoms with Crippen molar-refractivity contribution in [1.82, 2.24) is 14.9 Å². The van der Waals surface area contributed by atoms with E-state index in [4.69, 9.17) is 14.7 Å². The van der Waals surface area contributed by atoms with Crippen molar-refractivity contribution in [2.24, 2.45) is 11.8 Å². The molecule has 0 saturated carbocycles. The number of hydrogen-bond donors (Lipinski definition) is 0. The standard InChI is InChI=1S/C22H21N3O2/c1-13-12-25(2)22(18(13)21(26)27-3)15-9-5-4-8-14(15)19-20(22)24-17-11-7-6-10-16(17)23-19/h4-11,13,18H,12H2,1-3H3/t13-,18-,22+/m1/s1. The van der Waals surface area contributed by atoms with Crippen molar-refractivity contribution >= 4 is 17.0 Å². The van der Waals surface area contributed by atoms with E-state index in [1.165, 1.54) is 7.11 Å². The summed E-state index contributed by atoms with van der Waals surface area (Å²) in [5.41, 5.74) is 4.96. The number of likely N-dealkylation sites (tertiary alicyclic amines) is 1. The molecule has 3 aromatic rings. The molecule has 1 aromatic heterocycles. The molecule has 2 aromatic carbocycles. The van der Waals surface area contributed by atoms with E-state index in [0.29, 0.717) is 0 Å². The minimum Gasteiger partial charge on any atom is -0.469 e. The van der Waals surface area contributed by atoms with E-state index in [9.17, 15) is 4.79 Å². The molecule has 2 heterocycles. The van der Waals surface area contributed by atoms with Crippen LogP contribution in [0.25, 0.3) is 22.3 Å². The van der Waals surface area contributed by atoms with Gasteiger partial charge in [-0.1, -0.05) is 43.3 Å². The Bertz CT molecular complexity index is 1080. The average Bonchev–Trinajstić information content (AvgIpc) is 3.12. The lowest BCUT2D eigenvalue weighted by Crippen LogP contribution is -2.46. The zero-order chi connectivity index (χ0) is 18.8. The van der Waals surface area contributed by atoms with Gasteiger partial charge in [-0.05, 0) is 30.7 Å². The number of fused-ring (bicyclic) bond motifs is 6. The molecular formula is C22H21N3O2. The molecular weight excluding hydrogens is 338 g/mol. The fourth-order valence-corrected chi connectivity index (χ4v) is 5.16. The predicted octanol–water partition coefficient (Wildman–Crippen LogP) is 3.22. The van der Waals surface area contributed by atoms with Gasteiger partial charge in [-0.2, -0.15) is 0 Å². The first-order valence-electron chi connectivity index (χ1n) is 9.25. The minimum atomic E-state index is -0.643. The highest BCUT2D eigenvalue weighted by atomic mass is 16.5. The third-order valence-electron chi connectivity index (χ3n) is 6.16. The maximum Gasteiger partial charge on any atom is 0.311 e. The molecule has 5 heteroatoms. The number of hydrogen-bond acceptors (Lipinski definition) is 5. The summed E-state index contributed by atoms with van der Waals surface area (Å²) in [7, 11) is 3.54. The Hall–Kier alpha value is -2.79. The van der Waals surface area contributed by atoms with Crippen LogP contribution in [0.1, 0.15) is 18.2 Å². The second kappa shape index (κ2) is 5.60. The van der Waals surface area contributed by atoms with Crippen molar-refractivity contribution in [3.63, 3.8) is 0 Å². The van der Waals surface area contributed by atoms with Gasteiger partial charge >= 0.3 is 5.97 Å². The number of rotatable bonds is 1. The smallest absolute Gasteiger partial charge is 0.311 e. The van der Waals surface area contributed by atoms with Crippen LogP contribution in [0.15, 0.2) is 48.5 Å². The molecule has 1 spiro atoms. The summed E-state index contributed by atoms with van der Waals surface area (Å²) in [6, 6.07) is 16.1. The van der Waals surface area contributed by atoms with Crippen LogP contribution in [0.5, 0.6) is 0 Å². The molecule has 5 nitrogen and oxygen atoms in total. The van der Waals surface area contributed by atoms with Crippen LogP contribution < -0.4 is 0 Å². The number of nitrogens with zero attached hydrogens (tertiary/aromatic N) is 3. The van der Waals surface area contributed by atoms with Gasteiger partial charge in [-0.3, -0.25) is 9.69 Å². The molecule has 136 valence electrons. The van der Waals surface area contributed by atoms with Gasteiger partial charge in [0.2, 0.25) is 0 Å². The predicted molar refractivity (Wildman–Crippen MR) is 103 cm³/mol. The number of benzene rings is 2. The maximum absolute atomic E-state index is 12.9. The summed E-state index contributed by atoms with van der Waals surface area (Å²) < 4.78 is 5.24. The Morgan fingerprint density at radius 2 is 1.78 bits per heavy atom. The quantitative estimate of drug-likeness (QED) is 0.625. The van der Waals surface area contributed by atoms with Crippen LogP contribution >= 0.6 is 0 Å². The Morgan fingerprint density at radius 1 is 1.11 bits per heavy atom. The molecule has 0 amide bonds. The van der Waals surface area contributed by atoms with Crippen LogP contribution in [0, 0.1) is 11.8 Å². The molecule has 2 aliphatic rings. The third-order valence-corrected chi connectivity index (χ3v) is 6.16. The highest BCUT2D eigenvalue weighted by Gasteiger charge is 2.62. The van der Waals surface area contributed by atoms with Gasteiger partial charge < -0.3 is 4.74 Å². The van der Waals surface area contributed by atoms with Gasteiger partial charge in [0.15, 0.2) is 0 Å². The number of carbonyl (C=O) groups excluding carboxylic acids is 1. The summed E-state index contributed by atoms with van der Waals surface area (Å²) in [5, 5.41) is 0. The largest absolute Gasteiger partial charge is 0.469 e. The number of methoxy groups -OCH3 is 1. The lowest BCUT2D eigenvalue weighted by atomic mass is 9.75. The number of carbonyl (C=O) groups is 1. The summed E-state index contributed by atoms with van der Waals surface area (Å²) >= 11 is 0. The topological polar surface area (TPSA) is 55.3 Å². The van der Waals surface area contributed by atoms with Crippen molar-refractivity contribution < 1.29 is 9.53 Å². The molecule has 0 unspecified atom stereocenters. The van der Waals surface area contributed by atoms with Gasteiger partial charge in [-0.15, -0.1) is 0 Å². The van der Waals surface area contributed by atoms with Crippen molar-refractivity contribution in [2.75, 3.05) is 20.7 Å². The van der Waals surface area contributed by atoms with Crippen LogP contribution in [0.3, 0.4) is 0 Å². The van der Waals surface area contributed by atoms with Gasteiger partial charge in [0.05, 0.1) is 35.4 Å². The highest BCUT2D eigenvalue weighted by Crippen LogP contribution is 2.58. The lowest BCUT2D eigenvalue weighted by molar-refractivity contribution is -0.149. The third kappa shape index (κ3) is 1.95. The van der Waals surface area contributed by atoms with Gasteiger partial charge in [-0.25, -0.2) is 9.97 Å². The van der Waals surface area contributed by atoms with Crippen LogP contribution in [-0.2, 0) is 15.1 Å². The molecule has 0 N–H and O–H groups in total. The fraction of sp³-hybridized carbons (Fsp3) is 0.318. The van der Waals surface area contributed by atoms with E-state index in [0.717, 1.165) is 40.1 Å². The number of ether oxygens (including phenoxy) is 1. The maximum atomic E-state index is 12.9. The van der Waals surface area contributed by atoms with Gasteiger partial charge in [0.1, 0.15) is 5.54 Å². The van der Waals surface area contributed by atoms with Crippen molar-refractivity contribution in [3.8, 4) is 11.3 Å². The number of para-hydroxylation sites is 2.